The number of hydrogen-bond donors (Lipinski definition) is 1. The lowest BCUT2D eigenvalue weighted by molar-refractivity contribution is -0.384. The maximum atomic E-state index is 10.8. The Hall–Kier alpha value is -1.46. The molecule has 5 heteroatoms. The summed E-state index contributed by atoms with van der Waals surface area (Å²) in [6.45, 7) is 4.15. The van der Waals surface area contributed by atoms with Crippen LogP contribution >= 0.6 is 0 Å². The van der Waals surface area contributed by atoms with Crippen LogP contribution in [0.1, 0.15) is 24.9 Å². The van der Waals surface area contributed by atoms with Crippen LogP contribution in [0.4, 0.5) is 5.69 Å². The van der Waals surface area contributed by atoms with Crippen LogP contribution in [0.5, 0.6) is 0 Å². The molecule has 2 rings (SSSR count). The van der Waals surface area contributed by atoms with Crippen LogP contribution in [0.25, 0.3) is 0 Å². The topological polar surface area (TPSA) is 58.4 Å². The molecule has 18 heavy (non-hydrogen) atoms. The van der Waals surface area contributed by atoms with Crippen molar-refractivity contribution in [3.05, 3.63) is 39.9 Å². The molecular weight excluding hydrogens is 230 g/mol. The molecule has 2 unspecified atom stereocenters. The van der Waals surface area contributed by atoms with Crippen LogP contribution in [0.3, 0.4) is 0 Å². The lowest BCUT2D eigenvalue weighted by Crippen LogP contribution is -2.31. The van der Waals surface area contributed by atoms with Crippen molar-refractivity contribution in [1.82, 2.24) is 10.2 Å². The molecule has 0 saturated carbocycles. The van der Waals surface area contributed by atoms with Crippen molar-refractivity contribution in [1.29, 1.82) is 0 Å². The molecule has 1 fully saturated rings. The molecule has 5 nitrogen and oxygen atoms in total. The van der Waals surface area contributed by atoms with E-state index in [1.807, 2.05) is 13.1 Å². The molecule has 0 amide bonds. The summed E-state index contributed by atoms with van der Waals surface area (Å²) in [5.74, 6) is 0. The molecule has 1 N–H and O–H groups in total. The summed E-state index contributed by atoms with van der Waals surface area (Å²) in [5, 5.41) is 14.1. The van der Waals surface area contributed by atoms with Crippen molar-refractivity contribution in [2.75, 3.05) is 20.1 Å². The lowest BCUT2D eigenvalue weighted by Gasteiger charge is -2.24. The minimum atomic E-state index is -0.337. The Morgan fingerprint density at radius 1 is 1.56 bits per heavy atom. The smallest absolute Gasteiger partial charge is 0.269 e. The third kappa shape index (κ3) is 2.68. The first kappa shape index (κ1) is 13.0. The van der Waals surface area contributed by atoms with Crippen LogP contribution in [-0.4, -0.2) is 36.0 Å². The maximum absolute atomic E-state index is 10.8. The molecule has 0 spiro atoms. The van der Waals surface area contributed by atoms with E-state index in [1.165, 1.54) is 6.07 Å². The van der Waals surface area contributed by atoms with Crippen molar-refractivity contribution in [3.8, 4) is 0 Å². The van der Waals surface area contributed by atoms with Crippen molar-refractivity contribution in [2.24, 2.45) is 0 Å². The minimum absolute atomic E-state index is 0.170. The van der Waals surface area contributed by atoms with E-state index in [0.29, 0.717) is 6.04 Å². The summed E-state index contributed by atoms with van der Waals surface area (Å²) < 4.78 is 0. The largest absolute Gasteiger partial charge is 0.316 e. The second-order valence-corrected chi connectivity index (χ2v) is 4.80. The second-order valence-electron chi connectivity index (χ2n) is 4.80. The fourth-order valence-corrected chi connectivity index (χ4v) is 2.48. The third-order valence-electron chi connectivity index (χ3n) is 3.74. The van der Waals surface area contributed by atoms with E-state index in [0.717, 1.165) is 25.1 Å². The van der Waals surface area contributed by atoms with Crippen molar-refractivity contribution in [3.63, 3.8) is 0 Å². The van der Waals surface area contributed by atoms with Gasteiger partial charge in [0, 0.05) is 37.3 Å². The Labute approximate surface area is 107 Å². The van der Waals surface area contributed by atoms with Crippen molar-refractivity contribution < 1.29 is 4.92 Å². The molecule has 1 saturated heterocycles. The average Bonchev–Trinajstić information content (AvgIpc) is 2.86. The molecule has 1 heterocycles. The molecule has 0 bridgehead atoms. The zero-order valence-corrected chi connectivity index (χ0v) is 10.8. The number of nitrogens with one attached hydrogen (secondary N) is 1. The highest BCUT2D eigenvalue weighted by atomic mass is 16.6. The molecule has 1 aliphatic rings. The predicted molar refractivity (Wildman–Crippen MR) is 70.5 cm³/mol. The van der Waals surface area contributed by atoms with E-state index in [9.17, 15) is 10.1 Å². The number of rotatable bonds is 4. The van der Waals surface area contributed by atoms with Crippen molar-refractivity contribution >= 4 is 5.69 Å². The molecule has 98 valence electrons. The average molecular weight is 249 g/mol. The van der Waals surface area contributed by atoms with Gasteiger partial charge in [0.2, 0.25) is 0 Å². The van der Waals surface area contributed by atoms with Gasteiger partial charge in [-0.3, -0.25) is 15.0 Å². The fraction of sp³-hybridized carbons (Fsp3) is 0.538. The van der Waals surface area contributed by atoms with Crippen LogP contribution in [0.2, 0.25) is 0 Å². The summed E-state index contributed by atoms with van der Waals surface area (Å²) in [5.41, 5.74) is 1.18. The van der Waals surface area contributed by atoms with E-state index in [2.05, 4.69) is 17.1 Å². The van der Waals surface area contributed by atoms with Gasteiger partial charge in [0.05, 0.1) is 4.92 Å². The molecule has 0 aromatic heterocycles. The normalized spacial score (nSPS) is 22.0. The first-order valence-electron chi connectivity index (χ1n) is 6.27. The molecule has 1 aromatic carbocycles. The van der Waals surface area contributed by atoms with Gasteiger partial charge in [0.25, 0.3) is 5.69 Å². The fourth-order valence-electron chi connectivity index (χ4n) is 2.48. The highest BCUT2D eigenvalue weighted by Gasteiger charge is 2.26. The number of nitro benzene ring substituents is 1. The number of hydrogen-bond acceptors (Lipinski definition) is 4. The lowest BCUT2D eigenvalue weighted by atomic mass is 10.1. The first-order chi connectivity index (χ1) is 8.61. The second kappa shape index (κ2) is 5.46. The molecule has 0 radical (unpaired) electrons. The van der Waals surface area contributed by atoms with E-state index >= 15 is 0 Å². The van der Waals surface area contributed by atoms with Crippen LogP contribution in [0.15, 0.2) is 24.3 Å². The SMILES string of the molecule is CNC1CCN(C(C)c2cccc([N+](=O)[O-])c2)C1. The third-order valence-corrected chi connectivity index (χ3v) is 3.74. The quantitative estimate of drug-likeness (QED) is 0.654. The monoisotopic (exact) mass is 249 g/mol. The first-order valence-corrected chi connectivity index (χ1v) is 6.27. The zero-order chi connectivity index (χ0) is 13.1. The Morgan fingerprint density at radius 2 is 2.33 bits per heavy atom. The number of non-ortho nitro benzene ring substituents is 1. The Bertz CT molecular complexity index is 436. The minimum Gasteiger partial charge on any atom is -0.316 e. The number of nitrogens with zero attached hydrogens (tertiary/aromatic N) is 2. The summed E-state index contributed by atoms with van der Waals surface area (Å²) in [6, 6.07) is 7.70. The summed E-state index contributed by atoms with van der Waals surface area (Å²) >= 11 is 0. The molecular formula is C13H19N3O2. The van der Waals surface area contributed by atoms with Gasteiger partial charge in [0.1, 0.15) is 0 Å². The van der Waals surface area contributed by atoms with Gasteiger partial charge >= 0.3 is 0 Å². The summed E-state index contributed by atoms with van der Waals surface area (Å²) in [7, 11) is 1.98. The standard InChI is InChI=1S/C13H19N3O2/c1-10(15-7-6-12(9-15)14-2)11-4-3-5-13(8-11)16(17)18/h3-5,8,10,12,14H,6-7,9H2,1-2H3. The number of likely N-dealkylation sites (tertiary alicyclic amines) is 1. The molecule has 2 atom stereocenters. The summed E-state index contributed by atoms with van der Waals surface area (Å²) in [6.07, 6.45) is 1.13. The number of benzene rings is 1. The Balaban J connectivity index is 2.11. The van der Waals surface area contributed by atoms with E-state index in [4.69, 9.17) is 0 Å². The van der Waals surface area contributed by atoms with Crippen molar-refractivity contribution in [2.45, 2.75) is 25.4 Å². The van der Waals surface area contributed by atoms with Gasteiger partial charge in [-0.15, -0.1) is 0 Å². The van der Waals surface area contributed by atoms with Gasteiger partial charge in [-0.2, -0.15) is 0 Å². The van der Waals surface area contributed by atoms with Crippen LogP contribution in [-0.2, 0) is 0 Å². The van der Waals surface area contributed by atoms with E-state index in [-0.39, 0.29) is 16.7 Å². The summed E-state index contributed by atoms with van der Waals surface area (Å²) in [4.78, 5) is 12.8. The van der Waals surface area contributed by atoms with Gasteiger partial charge in [-0.05, 0) is 26.0 Å². The van der Waals surface area contributed by atoms with Crippen LogP contribution in [0, 0.1) is 10.1 Å². The maximum Gasteiger partial charge on any atom is 0.269 e. The zero-order valence-electron chi connectivity index (χ0n) is 10.8. The van der Waals surface area contributed by atoms with E-state index < -0.39 is 0 Å². The van der Waals surface area contributed by atoms with E-state index in [1.54, 1.807) is 12.1 Å². The van der Waals surface area contributed by atoms with Gasteiger partial charge in [0.15, 0.2) is 0 Å². The highest BCUT2D eigenvalue weighted by molar-refractivity contribution is 5.35. The number of nitro groups is 1. The predicted octanol–water partition coefficient (Wildman–Crippen LogP) is 1.95. The molecule has 0 aliphatic carbocycles. The molecule has 1 aliphatic heterocycles. The molecule has 1 aromatic rings. The Morgan fingerprint density at radius 3 is 2.94 bits per heavy atom. The highest BCUT2D eigenvalue weighted by Crippen LogP contribution is 2.26. The number of likely N-dealkylation sites (N-methyl/N-ethyl adjacent to an activating group) is 1. The van der Waals surface area contributed by atoms with Crippen LogP contribution < -0.4 is 5.32 Å². The van der Waals surface area contributed by atoms with Gasteiger partial charge < -0.3 is 5.32 Å². The van der Waals surface area contributed by atoms with Gasteiger partial charge in [-0.1, -0.05) is 12.1 Å². The van der Waals surface area contributed by atoms with Gasteiger partial charge in [-0.25, -0.2) is 0 Å². The Kier molecular flexibility index (Phi) is 3.93.